The first-order valence-corrected chi connectivity index (χ1v) is 12.3. The van der Waals surface area contributed by atoms with Crippen molar-refractivity contribution < 1.29 is 38.9 Å². The molecule has 1 aromatic heterocycles. The van der Waals surface area contributed by atoms with Crippen LogP contribution in [-0.4, -0.2) is 40.3 Å². The Balaban J connectivity index is 1.83. The highest BCUT2D eigenvalue weighted by molar-refractivity contribution is 8.48. The van der Waals surface area contributed by atoms with Gasteiger partial charge < -0.3 is 19.5 Å². The molecule has 1 atom stereocenters. The number of allylic oxidation sites excluding steroid dienone is 2. The number of rotatable bonds is 6. The molecule has 0 spiro atoms. The quantitative estimate of drug-likeness (QED) is 0.385. The topological polar surface area (TPSA) is 84.7 Å². The van der Waals surface area contributed by atoms with E-state index in [0.29, 0.717) is 42.7 Å². The second-order valence-electron chi connectivity index (χ2n) is 8.41. The smallest absolute Gasteiger partial charge is 0.330 e. The van der Waals surface area contributed by atoms with Gasteiger partial charge in [-0.2, -0.15) is 5.10 Å². The Hall–Kier alpha value is -3.09. The number of aliphatic carboxylic acids is 1. The van der Waals surface area contributed by atoms with Crippen molar-refractivity contribution in [3.63, 3.8) is 0 Å². The molecule has 1 N–H and O–H groups in total. The number of hydrogen-bond donors (Lipinski definition) is 1. The van der Waals surface area contributed by atoms with E-state index in [2.05, 4.69) is 5.10 Å². The lowest BCUT2D eigenvalue weighted by molar-refractivity contribution is -0.137. The van der Waals surface area contributed by atoms with Gasteiger partial charge in [0.05, 0.1) is 24.4 Å². The molecule has 186 valence electrons. The van der Waals surface area contributed by atoms with Gasteiger partial charge in [-0.3, -0.25) is 4.68 Å². The number of nitrogens with zero attached hydrogens (tertiary/aromatic N) is 3. The van der Waals surface area contributed by atoms with E-state index in [1.165, 1.54) is 12.1 Å². The van der Waals surface area contributed by atoms with Crippen LogP contribution in [0.25, 0.3) is 10.9 Å². The lowest BCUT2D eigenvalue weighted by Gasteiger charge is -2.48. The summed E-state index contributed by atoms with van der Waals surface area (Å²) in [5.41, 5.74) is -0.133. The number of carboxylic acids is 1. The minimum absolute atomic E-state index is 0.0230. The fourth-order valence-corrected chi connectivity index (χ4v) is 5.34. The van der Waals surface area contributed by atoms with Crippen molar-refractivity contribution in [3.8, 4) is 5.75 Å². The molecule has 1 fully saturated rings. The molecule has 1 unspecified atom stereocenters. The van der Waals surface area contributed by atoms with Crippen molar-refractivity contribution in [1.82, 2.24) is 9.78 Å². The first-order chi connectivity index (χ1) is 15.7. The molecule has 1 saturated carbocycles. The Labute approximate surface area is 191 Å². The number of hydrogen-bond acceptors (Lipinski definition) is 5. The van der Waals surface area contributed by atoms with Gasteiger partial charge in [0.25, 0.3) is 0 Å². The highest BCUT2D eigenvalue weighted by atomic mass is 32.5. The van der Waals surface area contributed by atoms with Crippen LogP contribution in [0, 0.1) is 5.92 Å². The van der Waals surface area contributed by atoms with E-state index < -0.39 is 33.0 Å². The van der Waals surface area contributed by atoms with Crippen molar-refractivity contribution in [1.29, 1.82) is 0 Å². The lowest BCUT2D eigenvalue weighted by Crippen LogP contribution is -2.43. The molecule has 0 saturated heterocycles. The molecule has 4 rings (SSSR count). The van der Waals surface area contributed by atoms with Gasteiger partial charge in [0.2, 0.25) is 0 Å². The van der Waals surface area contributed by atoms with Crippen LogP contribution in [0.2, 0.25) is 0 Å². The van der Waals surface area contributed by atoms with Gasteiger partial charge in [-0.05, 0) is 37.8 Å². The highest BCUT2D eigenvalue weighted by Crippen LogP contribution is 3.02. The monoisotopic (exact) mass is 507 g/mol. The summed E-state index contributed by atoms with van der Waals surface area (Å²) in [5.74, 6) is -2.00. The third-order valence-corrected chi connectivity index (χ3v) is 7.21. The SMILES string of the molecule is COc1cc2nn(C3CCC(C=O)CC3)cc2cc1N1C(S(F)(F)(F)(F)F)=CC=CC1C(=O)O. The molecule has 1 aliphatic heterocycles. The van der Waals surface area contributed by atoms with E-state index in [4.69, 9.17) is 4.74 Å². The Morgan fingerprint density at radius 1 is 1.18 bits per heavy atom. The van der Waals surface area contributed by atoms with Gasteiger partial charge in [0.15, 0.2) is 11.1 Å². The molecule has 1 aliphatic carbocycles. The Morgan fingerprint density at radius 2 is 1.85 bits per heavy atom. The van der Waals surface area contributed by atoms with Crippen molar-refractivity contribution in [2.75, 3.05) is 12.0 Å². The van der Waals surface area contributed by atoms with Crippen LogP contribution in [0.3, 0.4) is 0 Å². The van der Waals surface area contributed by atoms with Crippen LogP contribution in [-0.2, 0) is 9.59 Å². The fourth-order valence-electron chi connectivity index (χ4n) is 4.42. The largest absolute Gasteiger partial charge is 0.494 e. The second-order valence-corrected chi connectivity index (χ2v) is 10.8. The van der Waals surface area contributed by atoms with Crippen molar-refractivity contribution in [2.24, 2.45) is 5.92 Å². The van der Waals surface area contributed by atoms with Gasteiger partial charge in [-0.15, -0.1) is 0 Å². The van der Waals surface area contributed by atoms with Crippen LogP contribution in [0.4, 0.5) is 25.1 Å². The average molecular weight is 507 g/mol. The van der Waals surface area contributed by atoms with Gasteiger partial charge >= 0.3 is 16.2 Å². The summed E-state index contributed by atoms with van der Waals surface area (Å²) in [6, 6.07) is 0.381. The number of anilines is 1. The zero-order valence-electron chi connectivity index (χ0n) is 17.9. The highest BCUT2D eigenvalue weighted by Gasteiger charge is 2.70. The normalized spacial score (nSPS) is 25.4. The average Bonchev–Trinajstić information content (AvgIpc) is 3.19. The zero-order valence-corrected chi connectivity index (χ0v) is 18.7. The number of carboxylic acid groups (broad SMARTS) is 1. The predicted octanol–water partition coefficient (Wildman–Crippen LogP) is 5.94. The maximum Gasteiger partial charge on any atom is 0.330 e. The number of ether oxygens (including phenoxy) is 1. The van der Waals surface area contributed by atoms with Gasteiger partial charge in [-0.25, -0.2) is 4.79 Å². The minimum Gasteiger partial charge on any atom is -0.494 e. The molecule has 2 aliphatic rings. The maximum atomic E-state index is 13.9. The molecule has 7 nitrogen and oxygen atoms in total. The molecule has 0 amide bonds. The van der Waals surface area contributed by atoms with Crippen LogP contribution >= 0.6 is 10.2 Å². The van der Waals surface area contributed by atoms with Crippen LogP contribution in [0.15, 0.2) is 41.6 Å². The molecule has 13 heteroatoms. The molecule has 2 aromatic rings. The van der Waals surface area contributed by atoms with E-state index in [9.17, 15) is 34.1 Å². The summed E-state index contributed by atoms with van der Waals surface area (Å²) in [6.07, 6.45) is 6.90. The molecular formula is C21H22F5N3O4S. The molecule has 34 heavy (non-hydrogen) atoms. The van der Waals surface area contributed by atoms with E-state index in [1.54, 1.807) is 10.9 Å². The number of methoxy groups -OCH3 is 1. The Morgan fingerprint density at radius 3 is 2.41 bits per heavy atom. The summed E-state index contributed by atoms with van der Waals surface area (Å²) in [4.78, 5) is 22.8. The first-order valence-electron chi connectivity index (χ1n) is 10.4. The summed E-state index contributed by atoms with van der Waals surface area (Å²) in [6.45, 7) is 0. The van der Waals surface area contributed by atoms with Gasteiger partial charge in [0, 0.05) is 23.6 Å². The molecular weight excluding hydrogens is 485 g/mol. The lowest BCUT2D eigenvalue weighted by atomic mass is 9.87. The fraction of sp³-hybridized carbons (Fsp3) is 0.381. The Bertz CT molecular complexity index is 1220. The van der Waals surface area contributed by atoms with Gasteiger partial charge in [0.1, 0.15) is 12.0 Å². The number of aldehydes is 1. The van der Waals surface area contributed by atoms with Crippen molar-refractivity contribution >= 4 is 39.1 Å². The number of carbonyl (C=O) groups excluding carboxylic acids is 1. The molecule has 2 heterocycles. The zero-order chi connectivity index (χ0) is 25.0. The van der Waals surface area contributed by atoms with Crippen LogP contribution in [0.1, 0.15) is 31.7 Å². The van der Waals surface area contributed by atoms with Crippen LogP contribution < -0.4 is 9.64 Å². The van der Waals surface area contributed by atoms with E-state index in [0.717, 1.165) is 19.5 Å². The minimum atomic E-state index is -10.3. The maximum absolute atomic E-state index is 13.9. The number of fused-ring (bicyclic) bond motifs is 1. The summed E-state index contributed by atoms with van der Waals surface area (Å²) < 4.78 is 76.4. The van der Waals surface area contributed by atoms with Crippen molar-refractivity contribution in [2.45, 2.75) is 37.8 Å². The van der Waals surface area contributed by atoms with E-state index in [-0.39, 0.29) is 28.7 Å². The Kier molecular flexibility index (Phi) is 5.27. The second kappa shape index (κ2) is 7.45. The number of halogens is 5. The third kappa shape index (κ3) is 4.48. The molecule has 0 bridgehead atoms. The number of carbonyl (C=O) groups is 2. The third-order valence-electron chi connectivity index (χ3n) is 6.09. The molecule has 1 aromatic carbocycles. The summed E-state index contributed by atoms with van der Waals surface area (Å²) >= 11 is 0. The van der Waals surface area contributed by atoms with E-state index in [1.807, 2.05) is 0 Å². The summed E-state index contributed by atoms with van der Waals surface area (Å²) in [5, 5.41) is 12.0. The molecule has 0 radical (unpaired) electrons. The van der Waals surface area contributed by atoms with Gasteiger partial charge in [-0.1, -0.05) is 31.6 Å². The van der Waals surface area contributed by atoms with Crippen molar-refractivity contribution in [3.05, 3.63) is 41.6 Å². The summed E-state index contributed by atoms with van der Waals surface area (Å²) in [7, 11) is -9.15. The number of benzene rings is 1. The first kappa shape index (κ1) is 24.0. The predicted molar refractivity (Wildman–Crippen MR) is 118 cm³/mol. The van der Waals surface area contributed by atoms with Crippen LogP contribution in [0.5, 0.6) is 5.75 Å². The van der Waals surface area contributed by atoms with E-state index >= 15 is 0 Å². The number of aromatic nitrogens is 2. The standard InChI is InChI=1S/C21H22F5N3O4S/c1-33-19-10-16-14(11-28(27-16)15-7-5-13(12-30)6-8-15)9-18(19)29-17(21(31)32)3-2-4-20(29)34(22,23,24,25)26/h2-4,9-13,15,17H,5-8H2,1H3,(H,31,32).